The first kappa shape index (κ1) is 16.0. The van der Waals surface area contributed by atoms with Gasteiger partial charge in [-0.1, -0.05) is 0 Å². The number of hydrogen-bond acceptors (Lipinski definition) is 4. The smallest absolute Gasteiger partial charge is 0.256 e. The minimum absolute atomic E-state index is 0.0125. The van der Waals surface area contributed by atoms with Crippen LogP contribution in [0.3, 0.4) is 0 Å². The summed E-state index contributed by atoms with van der Waals surface area (Å²) in [5.41, 5.74) is 1.27. The highest BCUT2D eigenvalue weighted by Crippen LogP contribution is 2.29. The Balaban J connectivity index is 2.23. The molecule has 7 nitrogen and oxygen atoms in total. The van der Waals surface area contributed by atoms with Gasteiger partial charge in [-0.05, 0) is 19.8 Å². The number of hydrogen-bond donors (Lipinski definition) is 1. The van der Waals surface area contributed by atoms with Crippen molar-refractivity contribution in [1.82, 2.24) is 19.4 Å². The number of aromatic nitrogens is 2. The summed E-state index contributed by atoms with van der Waals surface area (Å²) in [4.78, 5) is 13.6. The van der Waals surface area contributed by atoms with Crippen LogP contribution < -0.4 is 0 Å². The molecule has 2 rings (SSSR count). The Morgan fingerprint density at radius 2 is 2.24 bits per heavy atom. The zero-order valence-corrected chi connectivity index (χ0v) is 13.5. The second kappa shape index (κ2) is 6.15. The molecule has 0 bridgehead atoms. The van der Waals surface area contributed by atoms with E-state index in [1.165, 1.54) is 15.4 Å². The van der Waals surface area contributed by atoms with Crippen LogP contribution in [0.1, 0.15) is 41.7 Å². The molecule has 118 valence electrons. The summed E-state index contributed by atoms with van der Waals surface area (Å²) in [6.07, 6.45) is 3.16. The van der Waals surface area contributed by atoms with Gasteiger partial charge in [-0.15, -0.1) is 0 Å². The van der Waals surface area contributed by atoms with Crippen LogP contribution in [-0.2, 0) is 10.0 Å². The molecule has 1 N–H and O–H groups in total. The molecular weight excluding hydrogens is 292 g/mol. The van der Waals surface area contributed by atoms with E-state index >= 15 is 0 Å². The number of nitrogens with one attached hydrogen (secondary N) is 1. The highest BCUT2D eigenvalue weighted by atomic mass is 32.2. The van der Waals surface area contributed by atoms with E-state index in [9.17, 15) is 13.2 Å². The van der Waals surface area contributed by atoms with Crippen molar-refractivity contribution in [3.63, 3.8) is 0 Å². The fourth-order valence-electron chi connectivity index (χ4n) is 2.63. The number of amides is 1. The first-order chi connectivity index (χ1) is 9.86. The summed E-state index contributed by atoms with van der Waals surface area (Å²) in [6, 6.07) is 0. The van der Waals surface area contributed by atoms with Gasteiger partial charge in [0.2, 0.25) is 10.0 Å². The van der Waals surface area contributed by atoms with Crippen molar-refractivity contribution in [2.75, 3.05) is 32.9 Å². The molecule has 1 amide bonds. The van der Waals surface area contributed by atoms with Crippen molar-refractivity contribution in [3.8, 4) is 0 Å². The van der Waals surface area contributed by atoms with Crippen molar-refractivity contribution < 1.29 is 13.2 Å². The van der Waals surface area contributed by atoms with E-state index < -0.39 is 10.0 Å². The fraction of sp³-hybridized carbons (Fsp3) is 0.692. The predicted octanol–water partition coefficient (Wildman–Crippen LogP) is 0.641. The van der Waals surface area contributed by atoms with Gasteiger partial charge in [0.25, 0.3) is 5.91 Å². The molecule has 2 heterocycles. The van der Waals surface area contributed by atoms with Gasteiger partial charge in [-0.2, -0.15) is 5.10 Å². The first-order valence-electron chi connectivity index (χ1n) is 7.09. The second-order valence-electron chi connectivity index (χ2n) is 5.49. The highest BCUT2D eigenvalue weighted by molar-refractivity contribution is 7.89. The number of sulfonamides is 1. The molecule has 0 radical (unpaired) electrons. The van der Waals surface area contributed by atoms with Gasteiger partial charge in [-0.3, -0.25) is 9.89 Å². The average Bonchev–Trinajstić information content (AvgIpc) is 2.95. The number of aromatic amines is 1. The van der Waals surface area contributed by atoms with E-state index in [1.807, 2.05) is 0 Å². The van der Waals surface area contributed by atoms with Crippen molar-refractivity contribution in [2.45, 2.75) is 25.7 Å². The zero-order chi connectivity index (χ0) is 15.6. The van der Waals surface area contributed by atoms with Crippen LogP contribution in [0.25, 0.3) is 0 Å². The largest absolute Gasteiger partial charge is 0.345 e. The van der Waals surface area contributed by atoms with Crippen molar-refractivity contribution in [3.05, 3.63) is 17.5 Å². The van der Waals surface area contributed by atoms with Crippen LogP contribution in [0.15, 0.2) is 6.20 Å². The van der Waals surface area contributed by atoms with Gasteiger partial charge in [0.1, 0.15) is 0 Å². The Kier molecular flexibility index (Phi) is 4.67. The van der Waals surface area contributed by atoms with E-state index in [4.69, 9.17) is 0 Å². The minimum atomic E-state index is -3.19. The molecule has 1 aliphatic heterocycles. The number of carbonyl (C=O) groups is 1. The van der Waals surface area contributed by atoms with Crippen molar-refractivity contribution in [1.29, 1.82) is 0 Å². The maximum Gasteiger partial charge on any atom is 0.256 e. The quantitative estimate of drug-likeness (QED) is 0.883. The summed E-state index contributed by atoms with van der Waals surface area (Å²) < 4.78 is 25.6. The standard InChI is InChI=1S/C13H22N4O3S/c1-4-21(19,20)17-7-5-6-10(9-17)12-11(8-14-15-12)13(18)16(2)3/h8,10H,4-7,9H2,1-3H3,(H,14,15)/t10-/m1/s1. The van der Waals surface area contributed by atoms with Crippen LogP contribution >= 0.6 is 0 Å². The second-order valence-corrected chi connectivity index (χ2v) is 7.75. The van der Waals surface area contributed by atoms with Crippen LogP contribution in [0.2, 0.25) is 0 Å². The molecule has 0 saturated carbocycles. The lowest BCUT2D eigenvalue weighted by Crippen LogP contribution is -2.40. The van der Waals surface area contributed by atoms with E-state index in [0.29, 0.717) is 18.7 Å². The van der Waals surface area contributed by atoms with Gasteiger partial charge >= 0.3 is 0 Å². The van der Waals surface area contributed by atoms with Crippen molar-refractivity contribution >= 4 is 15.9 Å². The van der Waals surface area contributed by atoms with Gasteiger partial charge in [0.05, 0.1) is 23.2 Å². The third-order valence-electron chi connectivity index (χ3n) is 3.86. The lowest BCUT2D eigenvalue weighted by molar-refractivity contribution is 0.0825. The maximum atomic E-state index is 12.1. The van der Waals surface area contributed by atoms with E-state index in [1.54, 1.807) is 21.0 Å². The molecule has 1 atom stereocenters. The fourth-order valence-corrected chi connectivity index (χ4v) is 3.81. The summed E-state index contributed by atoms with van der Waals surface area (Å²) in [6.45, 7) is 2.61. The average molecular weight is 314 g/mol. The Hall–Kier alpha value is -1.41. The van der Waals surface area contributed by atoms with Gasteiger partial charge in [0.15, 0.2) is 0 Å². The lowest BCUT2D eigenvalue weighted by atomic mass is 9.93. The number of carbonyl (C=O) groups excluding carboxylic acids is 1. The summed E-state index contributed by atoms with van der Waals surface area (Å²) in [7, 11) is 0.186. The number of piperidine rings is 1. The third-order valence-corrected chi connectivity index (χ3v) is 5.70. The van der Waals surface area contributed by atoms with Crippen LogP contribution in [0.4, 0.5) is 0 Å². The SMILES string of the molecule is CCS(=O)(=O)N1CCC[C@@H](c2[nH]ncc2C(=O)N(C)C)C1. The van der Waals surface area contributed by atoms with E-state index in [0.717, 1.165) is 18.5 Å². The monoisotopic (exact) mass is 314 g/mol. The molecule has 1 saturated heterocycles. The van der Waals surface area contributed by atoms with Crippen molar-refractivity contribution in [2.24, 2.45) is 0 Å². The van der Waals surface area contributed by atoms with Crippen LogP contribution in [0.5, 0.6) is 0 Å². The minimum Gasteiger partial charge on any atom is -0.345 e. The summed E-state index contributed by atoms with van der Waals surface area (Å²) in [5, 5.41) is 6.85. The molecule has 1 aromatic rings. The summed E-state index contributed by atoms with van der Waals surface area (Å²) >= 11 is 0. The molecule has 21 heavy (non-hydrogen) atoms. The Morgan fingerprint density at radius 3 is 2.86 bits per heavy atom. The number of rotatable bonds is 4. The van der Waals surface area contributed by atoms with E-state index in [2.05, 4.69) is 10.2 Å². The normalized spacial score (nSPS) is 20.4. The van der Waals surface area contributed by atoms with E-state index in [-0.39, 0.29) is 17.6 Å². The molecule has 0 aliphatic carbocycles. The Bertz CT molecular complexity index is 609. The molecule has 0 unspecified atom stereocenters. The zero-order valence-electron chi connectivity index (χ0n) is 12.7. The number of H-pyrrole nitrogens is 1. The Morgan fingerprint density at radius 1 is 1.52 bits per heavy atom. The molecule has 8 heteroatoms. The van der Waals surface area contributed by atoms with Gasteiger partial charge in [0, 0.05) is 33.1 Å². The molecule has 1 aliphatic rings. The van der Waals surface area contributed by atoms with Gasteiger partial charge < -0.3 is 4.90 Å². The Labute approximate surface area is 125 Å². The molecule has 1 fully saturated rings. The van der Waals surface area contributed by atoms with Crippen LogP contribution in [0, 0.1) is 0 Å². The third kappa shape index (κ3) is 3.26. The molecular formula is C13H22N4O3S. The first-order valence-corrected chi connectivity index (χ1v) is 8.70. The topological polar surface area (TPSA) is 86.4 Å². The van der Waals surface area contributed by atoms with Gasteiger partial charge in [-0.25, -0.2) is 12.7 Å². The lowest BCUT2D eigenvalue weighted by Gasteiger charge is -2.31. The molecule has 0 spiro atoms. The highest BCUT2D eigenvalue weighted by Gasteiger charge is 2.31. The number of nitrogens with zero attached hydrogens (tertiary/aromatic N) is 3. The maximum absolute atomic E-state index is 12.1. The van der Waals surface area contributed by atoms with Crippen LogP contribution in [-0.4, -0.2) is 66.7 Å². The molecule has 1 aromatic heterocycles. The summed E-state index contributed by atoms with van der Waals surface area (Å²) in [5.74, 6) is -0.0256. The predicted molar refractivity (Wildman–Crippen MR) is 79.6 cm³/mol. The molecule has 0 aromatic carbocycles.